The fourth-order valence-corrected chi connectivity index (χ4v) is 9.18. The quantitative estimate of drug-likeness (QED) is 0.0261. The zero-order valence-electron chi connectivity index (χ0n) is 49.1. The highest BCUT2D eigenvalue weighted by Crippen LogP contribution is 2.17. The molecule has 0 spiro atoms. The Hall–Kier alpha value is -3.15. The maximum Gasteiger partial charge on any atom is 0.306 e. The molecule has 0 aromatic rings. The number of carbonyl (C=O) groups is 3. The summed E-state index contributed by atoms with van der Waals surface area (Å²) < 4.78 is 16.8. The smallest absolute Gasteiger partial charge is 0.306 e. The average Bonchev–Trinajstić information content (AvgIpc) is 3.40. The van der Waals surface area contributed by atoms with E-state index in [1.54, 1.807) is 0 Å². The Balaban J connectivity index is 4.22. The van der Waals surface area contributed by atoms with Crippen molar-refractivity contribution in [3.8, 4) is 0 Å². The summed E-state index contributed by atoms with van der Waals surface area (Å²) in [5, 5.41) is 0. The molecule has 0 bridgehead atoms. The number of allylic oxidation sites excluding steroid dienone is 12. The lowest BCUT2D eigenvalue weighted by molar-refractivity contribution is -0.167. The molecule has 0 heterocycles. The zero-order valence-corrected chi connectivity index (χ0v) is 49.1. The second-order valence-electron chi connectivity index (χ2n) is 21.3. The van der Waals surface area contributed by atoms with E-state index < -0.39 is 6.10 Å². The highest BCUT2D eigenvalue weighted by atomic mass is 16.6. The van der Waals surface area contributed by atoms with Crippen molar-refractivity contribution >= 4 is 17.9 Å². The SMILES string of the molecule is CC/C=C\C/C=C\C/C=C\C/C=C\CCCCC(=O)OC(COC(=O)CCCCCCC/C=C\C/C=C\CCC)COC(=O)CCCCCCCCCCCCCCCCCCCCCCCCCCCCCC. The van der Waals surface area contributed by atoms with Crippen LogP contribution in [0.2, 0.25) is 0 Å². The molecule has 0 radical (unpaired) electrons. The van der Waals surface area contributed by atoms with Crippen LogP contribution in [0.4, 0.5) is 0 Å². The van der Waals surface area contributed by atoms with Crippen molar-refractivity contribution in [1.82, 2.24) is 0 Å². The first kappa shape index (κ1) is 70.8. The van der Waals surface area contributed by atoms with Crippen molar-refractivity contribution < 1.29 is 28.6 Å². The van der Waals surface area contributed by atoms with Crippen molar-refractivity contribution in [2.45, 2.75) is 329 Å². The van der Waals surface area contributed by atoms with Gasteiger partial charge in [0.25, 0.3) is 0 Å². The molecule has 0 aromatic carbocycles. The molecule has 0 aliphatic carbocycles. The van der Waals surface area contributed by atoms with Gasteiger partial charge in [-0.3, -0.25) is 14.4 Å². The summed E-state index contributed by atoms with van der Waals surface area (Å²) in [5.74, 6) is -0.939. The third-order valence-corrected chi connectivity index (χ3v) is 13.9. The summed E-state index contributed by atoms with van der Waals surface area (Å²) in [6.07, 6.45) is 80.8. The Morgan fingerprint density at radius 2 is 0.554 bits per heavy atom. The fourth-order valence-electron chi connectivity index (χ4n) is 9.18. The second-order valence-corrected chi connectivity index (χ2v) is 21.3. The molecule has 0 aliphatic rings. The molecule has 0 saturated heterocycles. The van der Waals surface area contributed by atoms with Crippen molar-refractivity contribution in [3.63, 3.8) is 0 Å². The normalized spacial score (nSPS) is 12.5. The molecular formula is C68H120O6. The lowest BCUT2D eigenvalue weighted by Crippen LogP contribution is -2.30. The predicted octanol–water partition coefficient (Wildman–Crippen LogP) is 21.7. The third-order valence-electron chi connectivity index (χ3n) is 13.9. The number of hydrogen-bond donors (Lipinski definition) is 0. The van der Waals surface area contributed by atoms with E-state index in [2.05, 4.69) is 93.7 Å². The monoisotopic (exact) mass is 1030 g/mol. The maximum absolute atomic E-state index is 12.8. The topological polar surface area (TPSA) is 78.9 Å². The van der Waals surface area contributed by atoms with Gasteiger partial charge < -0.3 is 14.2 Å². The van der Waals surface area contributed by atoms with Crippen LogP contribution in [0.1, 0.15) is 323 Å². The van der Waals surface area contributed by atoms with Crippen LogP contribution in [0.3, 0.4) is 0 Å². The van der Waals surface area contributed by atoms with Gasteiger partial charge >= 0.3 is 17.9 Å². The van der Waals surface area contributed by atoms with Crippen molar-refractivity contribution in [2.24, 2.45) is 0 Å². The van der Waals surface area contributed by atoms with Gasteiger partial charge in [0, 0.05) is 19.3 Å². The van der Waals surface area contributed by atoms with Crippen LogP contribution < -0.4 is 0 Å². The van der Waals surface area contributed by atoms with Gasteiger partial charge in [0.1, 0.15) is 13.2 Å². The lowest BCUT2D eigenvalue weighted by Gasteiger charge is -2.18. The highest BCUT2D eigenvalue weighted by molar-refractivity contribution is 5.71. The van der Waals surface area contributed by atoms with E-state index in [-0.39, 0.29) is 37.5 Å². The van der Waals surface area contributed by atoms with Crippen LogP contribution in [-0.2, 0) is 28.6 Å². The molecule has 0 N–H and O–H groups in total. The van der Waals surface area contributed by atoms with Crippen LogP contribution in [0.25, 0.3) is 0 Å². The molecule has 0 fully saturated rings. The predicted molar refractivity (Wildman–Crippen MR) is 321 cm³/mol. The molecule has 0 aliphatic heterocycles. The van der Waals surface area contributed by atoms with Crippen LogP contribution in [0.15, 0.2) is 72.9 Å². The van der Waals surface area contributed by atoms with Gasteiger partial charge in [-0.05, 0) is 83.5 Å². The first-order chi connectivity index (χ1) is 36.5. The first-order valence-corrected chi connectivity index (χ1v) is 31.9. The zero-order chi connectivity index (χ0) is 53.6. The minimum absolute atomic E-state index is 0.0944. The minimum atomic E-state index is -0.802. The van der Waals surface area contributed by atoms with Gasteiger partial charge in [0.15, 0.2) is 6.10 Å². The molecule has 6 heteroatoms. The van der Waals surface area contributed by atoms with Crippen molar-refractivity contribution in [1.29, 1.82) is 0 Å². The van der Waals surface area contributed by atoms with Crippen molar-refractivity contribution in [2.75, 3.05) is 13.2 Å². The summed E-state index contributed by atoms with van der Waals surface area (Å²) in [6.45, 7) is 6.45. The number of carbonyl (C=O) groups excluding carboxylic acids is 3. The van der Waals surface area contributed by atoms with E-state index in [4.69, 9.17) is 14.2 Å². The summed E-state index contributed by atoms with van der Waals surface area (Å²) in [5.41, 5.74) is 0. The number of hydrogen-bond acceptors (Lipinski definition) is 6. The summed E-state index contributed by atoms with van der Waals surface area (Å²) in [7, 11) is 0. The molecule has 0 amide bonds. The molecule has 74 heavy (non-hydrogen) atoms. The average molecular weight is 1030 g/mol. The lowest BCUT2D eigenvalue weighted by atomic mass is 10.0. The molecule has 0 aromatic heterocycles. The number of unbranched alkanes of at least 4 members (excludes halogenated alkanes) is 35. The molecule has 1 atom stereocenters. The number of esters is 3. The van der Waals surface area contributed by atoms with Crippen LogP contribution in [-0.4, -0.2) is 37.2 Å². The third kappa shape index (κ3) is 59.7. The highest BCUT2D eigenvalue weighted by Gasteiger charge is 2.19. The standard InChI is InChI=1S/C68H120O6/c1-4-7-10-13-16-19-22-25-27-28-29-30-31-32-33-34-35-36-37-38-39-41-43-46-49-52-55-58-61-67(70)73-64-65(63-72-66(69)60-57-54-51-48-45-42-24-21-18-15-12-9-6-3)74-68(71)62-59-56-53-50-47-44-40-26-23-20-17-14-11-8-5-2/h8,11-12,15,17,20-21,24,26,40,47,50,65H,4-7,9-10,13-14,16,18-19,22-23,25,27-39,41-46,48-49,51-64H2,1-3H3/b11-8-,15-12-,20-17-,24-21-,40-26-,50-47-. The fraction of sp³-hybridized carbons (Fsp3) is 0.779. The van der Waals surface area contributed by atoms with E-state index >= 15 is 0 Å². The second kappa shape index (κ2) is 62.4. The van der Waals surface area contributed by atoms with E-state index in [0.29, 0.717) is 19.3 Å². The summed E-state index contributed by atoms with van der Waals surface area (Å²) >= 11 is 0. The van der Waals surface area contributed by atoms with E-state index in [1.807, 2.05) is 0 Å². The van der Waals surface area contributed by atoms with E-state index in [1.165, 1.54) is 167 Å². The van der Waals surface area contributed by atoms with Gasteiger partial charge in [-0.2, -0.15) is 0 Å². The number of ether oxygens (including phenoxy) is 3. The number of rotatable bonds is 58. The largest absolute Gasteiger partial charge is 0.462 e. The first-order valence-electron chi connectivity index (χ1n) is 31.9. The Bertz CT molecular complexity index is 1370. The summed E-state index contributed by atoms with van der Waals surface area (Å²) in [6, 6.07) is 0. The van der Waals surface area contributed by atoms with Crippen LogP contribution >= 0.6 is 0 Å². The molecule has 1 unspecified atom stereocenters. The van der Waals surface area contributed by atoms with Gasteiger partial charge in [-0.25, -0.2) is 0 Å². The molecule has 0 rings (SSSR count). The minimum Gasteiger partial charge on any atom is -0.462 e. The Morgan fingerprint density at radius 3 is 0.905 bits per heavy atom. The Kier molecular flexibility index (Phi) is 59.7. The molecule has 6 nitrogen and oxygen atoms in total. The Morgan fingerprint density at radius 1 is 0.284 bits per heavy atom. The molecular weight excluding hydrogens is 913 g/mol. The van der Waals surface area contributed by atoms with Gasteiger partial charge in [-0.15, -0.1) is 0 Å². The van der Waals surface area contributed by atoms with Gasteiger partial charge in [0.2, 0.25) is 0 Å². The van der Waals surface area contributed by atoms with Gasteiger partial charge in [0.05, 0.1) is 0 Å². The Labute approximate surface area is 459 Å². The maximum atomic E-state index is 12.8. The van der Waals surface area contributed by atoms with Crippen LogP contribution in [0, 0.1) is 0 Å². The van der Waals surface area contributed by atoms with Crippen molar-refractivity contribution in [3.05, 3.63) is 72.9 Å². The van der Waals surface area contributed by atoms with E-state index in [0.717, 1.165) is 109 Å². The van der Waals surface area contributed by atoms with E-state index in [9.17, 15) is 14.4 Å². The summed E-state index contributed by atoms with van der Waals surface area (Å²) in [4.78, 5) is 38.2. The van der Waals surface area contributed by atoms with Gasteiger partial charge in [-0.1, -0.05) is 293 Å². The molecule has 428 valence electrons. The molecule has 0 saturated carbocycles. The van der Waals surface area contributed by atoms with Crippen LogP contribution in [0.5, 0.6) is 0 Å².